The zero-order valence-electron chi connectivity index (χ0n) is 13.5. The monoisotopic (exact) mass is 309 g/mol. The first kappa shape index (κ1) is 16.4. The summed E-state index contributed by atoms with van der Waals surface area (Å²) in [6, 6.07) is 15.3. The van der Waals surface area contributed by atoms with Gasteiger partial charge in [0.25, 0.3) is 0 Å². The molecule has 2 aromatic carbocycles. The van der Waals surface area contributed by atoms with Crippen molar-refractivity contribution in [3.8, 4) is 17.6 Å². The highest BCUT2D eigenvalue weighted by Crippen LogP contribution is 2.35. The summed E-state index contributed by atoms with van der Waals surface area (Å²) in [6.07, 6.45) is 1.64. The molecule has 23 heavy (non-hydrogen) atoms. The fourth-order valence-electron chi connectivity index (χ4n) is 1.93. The van der Waals surface area contributed by atoms with Crippen LogP contribution in [0.4, 0.5) is 5.69 Å². The summed E-state index contributed by atoms with van der Waals surface area (Å²) >= 11 is 0. The Morgan fingerprint density at radius 1 is 1.17 bits per heavy atom. The Bertz CT molecular complexity index is 719. The molecule has 0 saturated heterocycles. The predicted octanol–water partition coefficient (Wildman–Crippen LogP) is 3.37. The molecule has 0 saturated carbocycles. The van der Waals surface area contributed by atoms with Crippen molar-refractivity contribution in [3.05, 3.63) is 53.6 Å². The number of benzene rings is 2. The third kappa shape index (κ3) is 4.48. The van der Waals surface area contributed by atoms with Gasteiger partial charge in [-0.15, -0.1) is 0 Å². The van der Waals surface area contributed by atoms with E-state index in [1.807, 2.05) is 44.4 Å². The number of aliphatic imine (C=N–C) groups is 1. The minimum absolute atomic E-state index is 0.417. The minimum atomic E-state index is 0.417. The van der Waals surface area contributed by atoms with E-state index in [4.69, 9.17) is 9.47 Å². The van der Waals surface area contributed by atoms with Crippen molar-refractivity contribution in [2.75, 3.05) is 21.2 Å². The number of nitrogens with zero attached hydrogens (tertiary/aromatic N) is 3. The van der Waals surface area contributed by atoms with Crippen LogP contribution in [0.5, 0.6) is 11.5 Å². The van der Waals surface area contributed by atoms with Crippen molar-refractivity contribution >= 4 is 12.0 Å². The van der Waals surface area contributed by atoms with Crippen molar-refractivity contribution in [2.45, 2.75) is 6.61 Å². The van der Waals surface area contributed by atoms with Gasteiger partial charge in [-0.05, 0) is 5.56 Å². The molecule has 5 nitrogen and oxygen atoms in total. The van der Waals surface area contributed by atoms with Gasteiger partial charge in [0.05, 0.1) is 24.7 Å². The summed E-state index contributed by atoms with van der Waals surface area (Å²) in [7, 11) is 5.28. The van der Waals surface area contributed by atoms with Crippen LogP contribution < -0.4 is 9.47 Å². The van der Waals surface area contributed by atoms with E-state index in [1.165, 1.54) is 0 Å². The Labute approximate surface area is 136 Å². The maximum atomic E-state index is 9.27. The van der Waals surface area contributed by atoms with E-state index in [0.717, 1.165) is 5.56 Å². The maximum Gasteiger partial charge on any atom is 0.163 e. The van der Waals surface area contributed by atoms with Gasteiger partial charge in [0.1, 0.15) is 12.7 Å². The first-order valence-corrected chi connectivity index (χ1v) is 7.13. The Kier molecular flexibility index (Phi) is 5.59. The van der Waals surface area contributed by atoms with Crippen molar-refractivity contribution < 1.29 is 9.47 Å². The van der Waals surface area contributed by atoms with Gasteiger partial charge in [0.15, 0.2) is 11.5 Å². The van der Waals surface area contributed by atoms with Gasteiger partial charge in [-0.2, -0.15) is 5.26 Å². The Morgan fingerprint density at radius 3 is 2.52 bits per heavy atom. The molecule has 0 aliphatic carbocycles. The molecule has 0 amide bonds. The number of methoxy groups -OCH3 is 1. The van der Waals surface area contributed by atoms with E-state index in [-0.39, 0.29) is 0 Å². The van der Waals surface area contributed by atoms with Crippen LogP contribution in [-0.4, -0.2) is 32.4 Å². The van der Waals surface area contributed by atoms with Crippen LogP contribution in [0.1, 0.15) is 11.1 Å². The lowest BCUT2D eigenvalue weighted by molar-refractivity contribution is 0.284. The Balaban J connectivity index is 2.30. The zero-order chi connectivity index (χ0) is 16.7. The quantitative estimate of drug-likeness (QED) is 0.606. The largest absolute Gasteiger partial charge is 0.493 e. The van der Waals surface area contributed by atoms with Gasteiger partial charge in [-0.25, -0.2) is 4.99 Å². The molecule has 0 aliphatic rings. The van der Waals surface area contributed by atoms with Crippen LogP contribution in [-0.2, 0) is 6.61 Å². The molecule has 0 aromatic heterocycles. The molecule has 0 spiro atoms. The SMILES string of the molecule is COc1cc(C#N)c(N=CN(C)C)cc1OCc1ccccc1. The average Bonchev–Trinajstić information content (AvgIpc) is 2.58. The molecule has 0 bridgehead atoms. The van der Waals surface area contributed by atoms with Gasteiger partial charge in [-0.3, -0.25) is 0 Å². The highest BCUT2D eigenvalue weighted by molar-refractivity contribution is 5.68. The summed E-state index contributed by atoms with van der Waals surface area (Å²) in [4.78, 5) is 6.11. The topological polar surface area (TPSA) is 57.8 Å². The van der Waals surface area contributed by atoms with Crippen molar-refractivity contribution in [1.29, 1.82) is 5.26 Å². The third-order valence-corrected chi connectivity index (χ3v) is 3.07. The standard InChI is InChI=1S/C18H19N3O2/c1-21(2)13-20-16-10-18(17(22-3)9-15(16)11-19)23-12-14-7-5-4-6-8-14/h4-10,13H,12H2,1-3H3. The van der Waals surface area contributed by atoms with Crippen LogP contribution in [0.25, 0.3) is 0 Å². The molecule has 118 valence electrons. The van der Waals surface area contributed by atoms with Crippen molar-refractivity contribution in [3.63, 3.8) is 0 Å². The Hall–Kier alpha value is -3.00. The summed E-state index contributed by atoms with van der Waals surface area (Å²) in [6.45, 7) is 0.417. The summed E-state index contributed by atoms with van der Waals surface area (Å²) < 4.78 is 11.2. The second-order valence-electron chi connectivity index (χ2n) is 5.11. The fraction of sp³-hybridized carbons (Fsp3) is 0.222. The highest BCUT2D eigenvalue weighted by Gasteiger charge is 2.11. The molecule has 2 aromatic rings. The summed E-state index contributed by atoms with van der Waals surface area (Å²) in [5.74, 6) is 1.07. The molecule has 5 heteroatoms. The molecule has 0 atom stereocenters. The smallest absolute Gasteiger partial charge is 0.163 e. The summed E-state index contributed by atoms with van der Waals surface area (Å²) in [5, 5.41) is 9.27. The number of hydrogen-bond acceptors (Lipinski definition) is 4. The molecule has 0 fully saturated rings. The first-order valence-electron chi connectivity index (χ1n) is 7.13. The molecular weight excluding hydrogens is 290 g/mol. The van der Waals surface area contributed by atoms with Crippen LogP contribution in [0.3, 0.4) is 0 Å². The van der Waals surface area contributed by atoms with E-state index in [0.29, 0.717) is 29.4 Å². The molecule has 0 N–H and O–H groups in total. The van der Waals surface area contributed by atoms with Gasteiger partial charge in [-0.1, -0.05) is 30.3 Å². The molecule has 0 radical (unpaired) electrons. The van der Waals surface area contributed by atoms with E-state index in [9.17, 15) is 5.26 Å². The molecule has 0 aliphatic heterocycles. The third-order valence-electron chi connectivity index (χ3n) is 3.07. The normalized spacial score (nSPS) is 10.3. The minimum Gasteiger partial charge on any atom is -0.493 e. The molecule has 0 unspecified atom stereocenters. The second kappa shape index (κ2) is 7.85. The number of hydrogen-bond donors (Lipinski definition) is 0. The van der Waals surface area contributed by atoms with Gasteiger partial charge >= 0.3 is 0 Å². The van der Waals surface area contributed by atoms with E-state index in [2.05, 4.69) is 11.1 Å². The average molecular weight is 309 g/mol. The van der Waals surface area contributed by atoms with Crippen LogP contribution in [0.15, 0.2) is 47.5 Å². The van der Waals surface area contributed by atoms with Crippen molar-refractivity contribution in [2.24, 2.45) is 4.99 Å². The first-order chi connectivity index (χ1) is 11.1. The van der Waals surface area contributed by atoms with Gasteiger partial charge in [0, 0.05) is 26.2 Å². The lowest BCUT2D eigenvalue weighted by atomic mass is 10.1. The lowest BCUT2D eigenvalue weighted by Crippen LogP contribution is -2.07. The van der Waals surface area contributed by atoms with E-state index in [1.54, 1.807) is 30.5 Å². The molecule has 2 rings (SSSR count). The number of nitriles is 1. The van der Waals surface area contributed by atoms with E-state index < -0.39 is 0 Å². The van der Waals surface area contributed by atoms with Crippen LogP contribution in [0.2, 0.25) is 0 Å². The molecule has 0 heterocycles. The van der Waals surface area contributed by atoms with Crippen molar-refractivity contribution in [1.82, 2.24) is 4.90 Å². The second-order valence-corrected chi connectivity index (χ2v) is 5.11. The van der Waals surface area contributed by atoms with Gasteiger partial charge in [0.2, 0.25) is 0 Å². The van der Waals surface area contributed by atoms with Gasteiger partial charge < -0.3 is 14.4 Å². The number of ether oxygens (including phenoxy) is 2. The molecular formula is C18H19N3O2. The highest BCUT2D eigenvalue weighted by atomic mass is 16.5. The van der Waals surface area contributed by atoms with Crippen LogP contribution in [0, 0.1) is 11.3 Å². The predicted molar refractivity (Wildman–Crippen MR) is 90.3 cm³/mol. The number of rotatable bonds is 6. The van der Waals surface area contributed by atoms with Crippen LogP contribution >= 0.6 is 0 Å². The lowest BCUT2D eigenvalue weighted by Gasteiger charge is -2.13. The Morgan fingerprint density at radius 2 is 1.91 bits per heavy atom. The maximum absolute atomic E-state index is 9.27. The summed E-state index contributed by atoms with van der Waals surface area (Å²) in [5.41, 5.74) is 2.04. The van der Waals surface area contributed by atoms with E-state index >= 15 is 0 Å². The fourth-order valence-corrected chi connectivity index (χ4v) is 1.93. The zero-order valence-corrected chi connectivity index (χ0v) is 13.5.